The molecule has 4 aliphatic rings. The number of aromatic nitrogens is 4. The molecule has 47 heavy (non-hydrogen) atoms. The molecule has 2 aliphatic heterocycles. The summed E-state index contributed by atoms with van der Waals surface area (Å²) in [5, 5.41) is 10.2. The highest BCUT2D eigenvalue weighted by molar-refractivity contribution is 6.07. The SMILES string of the molecule is O=C(ON1[C@@H]2C[C@@H]2C[C@H]1c1nc2c(ccc3cc(-c4ccc5c(ccc6[nH]c([C@@H]7CC8CC8N7)nc65)c4)ccc32)[nH]1)c1ccccc1. The Hall–Kier alpha value is -5.05. The van der Waals surface area contributed by atoms with Gasteiger partial charge in [-0.15, -0.1) is 5.06 Å². The largest absolute Gasteiger partial charge is 0.363 e. The Kier molecular flexibility index (Phi) is 5.27. The summed E-state index contributed by atoms with van der Waals surface area (Å²) in [6, 6.07) is 32.4. The molecule has 2 aliphatic carbocycles. The van der Waals surface area contributed by atoms with Gasteiger partial charge in [-0.3, -0.25) is 0 Å². The first kappa shape index (κ1) is 26.1. The Morgan fingerprint density at radius 3 is 2.06 bits per heavy atom. The summed E-state index contributed by atoms with van der Waals surface area (Å²) in [6.07, 6.45) is 4.50. The standard InChI is InChI=1S/C39H32N6O2/c46-39(20-4-2-1-3-5-20)47-45-33-18-26(33)19-34(45)38-42-30-13-9-24-15-22(7-11-28(24)36(30)44-38)21-6-10-27-23(14-21)8-12-29-35(27)43-37(41-29)32-17-25-16-31(25)40-32/h1-15,25-26,31-34,40H,16-19H2,(H,41,43)(H,42,44)/t25?,26-,31?,32+,33-,34+/m1/s1. The van der Waals surface area contributed by atoms with E-state index in [1.807, 2.05) is 23.3 Å². The smallest absolute Gasteiger partial charge is 0.357 e. The molecule has 230 valence electrons. The maximum Gasteiger partial charge on any atom is 0.357 e. The van der Waals surface area contributed by atoms with E-state index in [2.05, 4.69) is 75.9 Å². The lowest BCUT2D eigenvalue weighted by atomic mass is 9.98. The van der Waals surface area contributed by atoms with Gasteiger partial charge in [-0.2, -0.15) is 0 Å². The molecule has 3 N–H and O–H groups in total. The van der Waals surface area contributed by atoms with Crippen LogP contribution in [0.5, 0.6) is 0 Å². The fraction of sp³-hybridized carbons (Fsp3) is 0.256. The minimum atomic E-state index is -0.318. The quantitative estimate of drug-likeness (QED) is 0.183. The van der Waals surface area contributed by atoms with Crippen LogP contribution >= 0.6 is 0 Å². The van der Waals surface area contributed by atoms with Crippen LogP contribution in [0.15, 0.2) is 91.0 Å². The Morgan fingerprint density at radius 1 is 0.702 bits per heavy atom. The van der Waals surface area contributed by atoms with E-state index in [0.29, 0.717) is 23.6 Å². The van der Waals surface area contributed by atoms with Gasteiger partial charge in [0.1, 0.15) is 17.7 Å². The number of hydrogen-bond donors (Lipinski definition) is 3. The van der Waals surface area contributed by atoms with Crippen molar-refractivity contribution in [1.29, 1.82) is 0 Å². The normalized spacial score (nSPS) is 26.3. The van der Waals surface area contributed by atoms with Gasteiger partial charge in [0.15, 0.2) is 0 Å². The molecule has 5 aromatic carbocycles. The summed E-state index contributed by atoms with van der Waals surface area (Å²) in [5.41, 5.74) is 7.00. The predicted molar refractivity (Wildman–Crippen MR) is 182 cm³/mol. The summed E-state index contributed by atoms with van der Waals surface area (Å²) in [5.74, 6) is 2.98. The van der Waals surface area contributed by atoms with E-state index >= 15 is 0 Å². The fourth-order valence-electron chi connectivity index (χ4n) is 8.36. The van der Waals surface area contributed by atoms with Crippen LogP contribution < -0.4 is 5.32 Å². The maximum atomic E-state index is 12.9. The number of imidazole rings is 2. The molecule has 4 heterocycles. The zero-order valence-electron chi connectivity index (χ0n) is 25.6. The van der Waals surface area contributed by atoms with Crippen LogP contribution in [0.25, 0.3) is 54.7 Å². The van der Waals surface area contributed by atoms with Crippen LogP contribution in [0.3, 0.4) is 0 Å². The lowest BCUT2D eigenvalue weighted by Crippen LogP contribution is -2.30. The molecule has 8 heteroatoms. The lowest BCUT2D eigenvalue weighted by molar-refractivity contribution is -0.136. The molecule has 2 saturated carbocycles. The summed E-state index contributed by atoms with van der Waals surface area (Å²) < 4.78 is 0. The van der Waals surface area contributed by atoms with Gasteiger partial charge < -0.3 is 20.1 Å². The van der Waals surface area contributed by atoms with E-state index in [0.717, 1.165) is 63.2 Å². The fourth-order valence-corrected chi connectivity index (χ4v) is 8.36. The van der Waals surface area contributed by atoms with Crippen LogP contribution in [-0.2, 0) is 4.84 Å². The number of H-pyrrole nitrogens is 2. The predicted octanol–water partition coefficient (Wildman–Crippen LogP) is 7.74. The number of nitrogens with one attached hydrogen (secondary N) is 3. The highest BCUT2D eigenvalue weighted by atomic mass is 16.7. The first-order valence-electron chi connectivity index (χ1n) is 16.8. The van der Waals surface area contributed by atoms with Crippen molar-refractivity contribution in [2.75, 3.05) is 0 Å². The van der Waals surface area contributed by atoms with Crippen LogP contribution in [0, 0.1) is 11.8 Å². The van der Waals surface area contributed by atoms with Crippen molar-refractivity contribution >= 4 is 49.6 Å². The van der Waals surface area contributed by atoms with E-state index in [4.69, 9.17) is 14.8 Å². The maximum absolute atomic E-state index is 12.9. The van der Waals surface area contributed by atoms with Crippen LogP contribution in [0.2, 0.25) is 0 Å². The van der Waals surface area contributed by atoms with Crippen molar-refractivity contribution in [3.05, 3.63) is 108 Å². The van der Waals surface area contributed by atoms with Gasteiger partial charge in [0.05, 0.1) is 39.7 Å². The van der Waals surface area contributed by atoms with Crippen LogP contribution in [-0.4, -0.2) is 43.1 Å². The molecule has 2 unspecified atom stereocenters. The molecule has 0 spiro atoms. The number of carbonyl (C=O) groups excluding carboxylic acids is 1. The molecular weight excluding hydrogens is 584 g/mol. The number of fused-ring (bicyclic) bond motifs is 8. The summed E-state index contributed by atoms with van der Waals surface area (Å²) >= 11 is 0. The van der Waals surface area contributed by atoms with Crippen molar-refractivity contribution < 1.29 is 9.63 Å². The highest BCUT2D eigenvalue weighted by Crippen LogP contribution is 2.53. The summed E-state index contributed by atoms with van der Waals surface area (Å²) in [7, 11) is 0. The van der Waals surface area contributed by atoms with Gasteiger partial charge in [0.25, 0.3) is 0 Å². The third-order valence-electron chi connectivity index (χ3n) is 11.1. The van der Waals surface area contributed by atoms with Crippen LogP contribution in [0.1, 0.15) is 59.8 Å². The van der Waals surface area contributed by atoms with Gasteiger partial charge in [-0.25, -0.2) is 14.8 Å². The molecule has 2 saturated heterocycles. The Balaban J connectivity index is 0.901. The van der Waals surface area contributed by atoms with Crippen molar-refractivity contribution in [3.63, 3.8) is 0 Å². The second kappa shape index (κ2) is 9.50. The minimum Gasteiger partial charge on any atom is -0.363 e. The Morgan fingerprint density at radius 2 is 1.38 bits per heavy atom. The second-order valence-electron chi connectivity index (χ2n) is 14.0. The first-order chi connectivity index (χ1) is 23.1. The van der Waals surface area contributed by atoms with Gasteiger partial charge in [-0.1, -0.05) is 54.6 Å². The molecule has 2 aromatic heterocycles. The molecule has 8 nitrogen and oxygen atoms in total. The van der Waals surface area contributed by atoms with E-state index in [1.165, 1.54) is 34.7 Å². The number of hydroxylamine groups is 2. The molecule has 0 bridgehead atoms. The number of carbonyl (C=O) groups is 1. The van der Waals surface area contributed by atoms with E-state index in [-0.39, 0.29) is 18.1 Å². The van der Waals surface area contributed by atoms with Crippen LogP contribution in [0.4, 0.5) is 0 Å². The average molecular weight is 617 g/mol. The number of aromatic amines is 2. The van der Waals surface area contributed by atoms with Crippen molar-refractivity contribution in [2.45, 2.75) is 49.9 Å². The van der Waals surface area contributed by atoms with Crippen molar-refractivity contribution in [2.24, 2.45) is 11.8 Å². The van der Waals surface area contributed by atoms with Crippen molar-refractivity contribution in [1.82, 2.24) is 30.3 Å². The number of rotatable bonds is 5. The number of benzene rings is 5. The molecule has 0 radical (unpaired) electrons. The molecule has 4 fully saturated rings. The summed E-state index contributed by atoms with van der Waals surface area (Å²) in [4.78, 5) is 36.2. The van der Waals surface area contributed by atoms with Gasteiger partial charge >= 0.3 is 5.97 Å². The average Bonchev–Trinajstić information content (AvgIpc) is 3.73. The molecule has 11 rings (SSSR count). The zero-order valence-corrected chi connectivity index (χ0v) is 25.6. The van der Waals surface area contributed by atoms with E-state index < -0.39 is 0 Å². The number of nitrogens with zero attached hydrogens (tertiary/aromatic N) is 3. The molecule has 7 aromatic rings. The monoisotopic (exact) mass is 616 g/mol. The third-order valence-corrected chi connectivity index (χ3v) is 11.1. The molecule has 0 amide bonds. The number of piperidine rings is 2. The Bertz CT molecular complexity index is 2400. The van der Waals surface area contributed by atoms with E-state index in [9.17, 15) is 4.79 Å². The Labute approximate surface area is 270 Å². The third kappa shape index (κ3) is 4.11. The molecular formula is C39H32N6O2. The topological polar surface area (TPSA) is 98.9 Å². The van der Waals surface area contributed by atoms with Gasteiger partial charge in [0.2, 0.25) is 0 Å². The zero-order chi connectivity index (χ0) is 30.8. The van der Waals surface area contributed by atoms with Gasteiger partial charge in [0, 0.05) is 16.8 Å². The minimum absolute atomic E-state index is 0.0807. The first-order valence-corrected chi connectivity index (χ1v) is 16.8. The number of hydrogen-bond acceptors (Lipinski definition) is 6. The van der Waals surface area contributed by atoms with Crippen molar-refractivity contribution in [3.8, 4) is 11.1 Å². The lowest BCUT2D eigenvalue weighted by Gasteiger charge is -2.24. The van der Waals surface area contributed by atoms with E-state index in [1.54, 1.807) is 12.1 Å². The summed E-state index contributed by atoms with van der Waals surface area (Å²) in [6.45, 7) is 0. The molecule has 6 atom stereocenters. The second-order valence-corrected chi connectivity index (χ2v) is 14.0. The van der Waals surface area contributed by atoms with Gasteiger partial charge in [-0.05, 0) is 95.8 Å². The highest BCUT2D eigenvalue weighted by Gasteiger charge is 2.55.